The van der Waals surface area contributed by atoms with Crippen LogP contribution in [0.2, 0.25) is 10.0 Å². The molecule has 7 heteroatoms. The summed E-state index contributed by atoms with van der Waals surface area (Å²) < 4.78 is 6.88. The number of aryl methyl sites for hydroxylation is 2. The summed E-state index contributed by atoms with van der Waals surface area (Å²) in [5.41, 5.74) is 1.50. The van der Waals surface area contributed by atoms with Gasteiger partial charge < -0.3 is 4.42 Å². The maximum absolute atomic E-state index is 12.3. The van der Waals surface area contributed by atoms with E-state index < -0.39 is 5.56 Å². The smallest absolute Gasteiger partial charge is 0.289 e. The van der Waals surface area contributed by atoms with Gasteiger partial charge in [0.25, 0.3) is 5.56 Å². The highest BCUT2D eigenvalue weighted by Gasteiger charge is 2.11. The Balaban J connectivity index is 1.97. The number of rotatable bonds is 3. The Morgan fingerprint density at radius 3 is 2.69 bits per heavy atom. The molecule has 2 heterocycles. The zero-order valence-electron chi connectivity index (χ0n) is 14.0. The molecule has 1 aromatic carbocycles. The normalized spacial score (nSPS) is 11.0. The average molecular weight is 386 g/mol. The molecule has 0 radical (unpaired) electrons. The molecule has 0 fully saturated rings. The van der Waals surface area contributed by atoms with Crippen molar-refractivity contribution in [1.82, 2.24) is 4.68 Å². The topological polar surface area (TPSA) is 71.3 Å². The minimum Gasteiger partial charge on any atom is -0.455 e. The molecule has 0 aliphatic heterocycles. The van der Waals surface area contributed by atoms with E-state index in [0.29, 0.717) is 38.4 Å². The van der Waals surface area contributed by atoms with Crippen LogP contribution < -0.4 is 5.56 Å². The SMILES string of the molecule is Cc1cc(C)n(/N=C\c2ccc(-c3cc(Cl)ccc3Cl)o2)c(=O)c1C#N. The molecule has 0 spiro atoms. The van der Waals surface area contributed by atoms with E-state index in [2.05, 4.69) is 5.10 Å². The van der Waals surface area contributed by atoms with Gasteiger partial charge in [-0.2, -0.15) is 10.4 Å². The molecule has 0 aliphatic carbocycles. The lowest BCUT2D eigenvalue weighted by molar-refractivity contribution is 0.574. The Bertz CT molecular complexity index is 1120. The van der Waals surface area contributed by atoms with Gasteiger partial charge in [0.05, 0.1) is 11.2 Å². The molecule has 0 saturated carbocycles. The summed E-state index contributed by atoms with van der Waals surface area (Å²) in [5.74, 6) is 0.964. The van der Waals surface area contributed by atoms with E-state index in [1.165, 1.54) is 10.9 Å². The first-order chi connectivity index (χ1) is 12.4. The maximum Gasteiger partial charge on any atom is 0.289 e. The number of benzene rings is 1. The van der Waals surface area contributed by atoms with Crippen molar-refractivity contribution >= 4 is 29.4 Å². The number of aromatic nitrogens is 1. The van der Waals surface area contributed by atoms with Crippen molar-refractivity contribution in [2.24, 2.45) is 5.10 Å². The summed E-state index contributed by atoms with van der Waals surface area (Å²) in [6.45, 7) is 3.46. The zero-order chi connectivity index (χ0) is 18.8. The monoisotopic (exact) mass is 385 g/mol. The van der Waals surface area contributed by atoms with Crippen LogP contribution >= 0.6 is 23.2 Å². The second-order valence-electron chi connectivity index (χ2n) is 5.64. The lowest BCUT2D eigenvalue weighted by Gasteiger charge is -2.05. The summed E-state index contributed by atoms with van der Waals surface area (Å²) in [6.07, 6.45) is 1.41. The molecule has 0 unspecified atom stereocenters. The van der Waals surface area contributed by atoms with Crippen molar-refractivity contribution in [3.05, 3.63) is 79.4 Å². The highest BCUT2D eigenvalue weighted by molar-refractivity contribution is 6.35. The van der Waals surface area contributed by atoms with E-state index in [-0.39, 0.29) is 5.56 Å². The summed E-state index contributed by atoms with van der Waals surface area (Å²) in [4.78, 5) is 12.3. The number of nitrogens with zero attached hydrogens (tertiary/aromatic N) is 3. The van der Waals surface area contributed by atoms with Gasteiger partial charge in [-0.05, 0) is 55.8 Å². The standard InChI is InChI=1S/C19H13Cl2N3O2/c1-11-7-12(2)24(19(25)16(11)9-22)23-10-14-4-6-18(26-14)15-8-13(20)3-5-17(15)21/h3-8,10H,1-2H3/b23-10-. The fourth-order valence-corrected chi connectivity index (χ4v) is 2.91. The number of pyridine rings is 1. The predicted octanol–water partition coefficient (Wildman–Crippen LogP) is 4.79. The first-order valence-corrected chi connectivity index (χ1v) is 8.39. The molecule has 0 amide bonds. The van der Waals surface area contributed by atoms with E-state index in [1.54, 1.807) is 50.2 Å². The van der Waals surface area contributed by atoms with E-state index >= 15 is 0 Å². The Kier molecular flexibility index (Phi) is 4.99. The second kappa shape index (κ2) is 7.20. The molecule has 2 aromatic heterocycles. The largest absolute Gasteiger partial charge is 0.455 e. The van der Waals surface area contributed by atoms with Crippen molar-refractivity contribution in [3.8, 4) is 17.4 Å². The van der Waals surface area contributed by atoms with Crippen LogP contribution in [0, 0.1) is 25.2 Å². The van der Waals surface area contributed by atoms with Gasteiger partial charge in [0.1, 0.15) is 23.2 Å². The molecule has 0 bridgehead atoms. The van der Waals surface area contributed by atoms with Crippen molar-refractivity contribution in [1.29, 1.82) is 5.26 Å². The summed E-state index contributed by atoms with van der Waals surface area (Å²) in [6, 6.07) is 12.2. The third-order valence-electron chi connectivity index (χ3n) is 3.79. The van der Waals surface area contributed by atoms with Crippen LogP contribution in [0.25, 0.3) is 11.3 Å². The highest BCUT2D eigenvalue weighted by atomic mass is 35.5. The Morgan fingerprint density at radius 2 is 1.96 bits per heavy atom. The van der Waals surface area contributed by atoms with Crippen LogP contribution in [0.4, 0.5) is 0 Å². The highest BCUT2D eigenvalue weighted by Crippen LogP contribution is 2.31. The van der Waals surface area contributed by atoms with Gasteiger partial charge in [-0.3, -0.25) is 4.79 Å². The van der Waals surface area contributed by atoms with Gasteiger partial charge in [-0.15, -0.1) is 0 Å². The minimum absolute atomic E-state index is 0.0681. The Morgan fingerprint density at radius 1 is 1.19 bits per heavy atom. The molecule has 0 aliphatic rings. The number of furan rings is 1. The fourth-order valence-electron chi connectivity index (χ4n) is 2.53. The number of hydrogen-bond acceptors (Lipinski definition) is 4. The number of hydrogen-bond donors (Lipinski definition) is 0. The van der Waals surface area contributed by atoms with Crippen LogP contribution in [0.5, 0.6) is 0 Å². The van der Waals surface area contributed by atoms with Crippen LogP contribution in [-0.2, 0) is 0 Å². The summed E-state index contributed by atoms with van der Waals surface area (Å²) >= 11 is 12.2. The minimum atomic E-state index is -0.467. The number of halogens is 2. The molecule has 3 rings (SSSR count). The first kappa shape index (κ1) is 18.0. The molecular weight excluding hydrogens is 373 g/mol. The van der Waals surface area contributed by atoms with Crippen LogP contribution in [-0.4, -0.2) is 10.9 Å². The Labute approximate surface area is 159 Å². The first-order valence-electron chi connectivity index (χ1n) is 7.63. The van der Waals surface area contributed by atoms with Gasteiger partial charge in [0.2, 0.25) is 0 Å². The molecule has 0 atom stereocenters. The van der Waals surface area contributed by atoms with E-state index in [9.17, 15) is 4.79 Å². The molecule has 0 N–H and O–H groups in total. The maximum atomic E-state index is 12.3. The van der Waals surface area contributed by atoms with Crippen LogP contribution in [0.1, 0.15) is 22.6 Å². The summed E-state index contributed by atoms with van der Waals surface area (Å²) in [5, 5.41) is 14.3. The molecule has 0 saturated heterocycles. The molecule has 130 valence electrons. The Hall–Kier alpha value is -2.81. The van der Waals surface area contributed by atoms with Crippen molar-refractivity contribution in [2.75, 3.05) is 0 Å². The van der Waals surface area contributed by atoms with Gasteiger partial charge >= 0.3 is 0 Å². The van der Waals surface area contributed by atoms with Gasteiger partial charge in [-0.25, -0.2) is 4.68 Å². The fraction of sp³-hybridized carbons (Fsp3) is 0.105. The van der Waals surface area contributed by atoms with Gasteiger partial charge in [0.15, 0.2) is 0 Å². The van der Waals surface area contributed by atoms with Crippen LogP contribution in [0.3, 0.4) is 0 Å². The summed E-state index contributed by atoms with van der Waals surface area (Å²) in [7, 11) is 0. The molecule has 3 aromatic rings. The van der Waals surface area contributed by atoms with E-state index in [4.69, 9.17) is 32.9 Å². The molecule has 5 nitrogen and oxygen atoms in total. The van der Waals surface area contributed by atoms with Crippen molar-refractivity contribution in [3.63, 3.8) is 0 Å². The van der Waals surface area contributed by atoms with Gasteiger partial charge in [0, 0.05) is 16.3 Å². The second-order valence-corrected chi connectivity index (χ2v) is 6.49. The third-order valence-corrected chi connectivity index (χ3v) is 4.36. The molecular formula is C19H13Cl2N3O2. The van der Waals surface area contributed by atoms with Crippen LogP contribution in [0.15, 0.2) is 50.7 Å². The zero-order valence-corrected chi connectivity index (χ0v) is 15.5. The lowest BCUT2D eigenvalue weighted by Crippen LogP contribution is -2.22. The van der Waals surface area contributed by atoms with Crippen molar-refractivity contribution < 1.29 is 4.42 Å². The van der Waals surface area contributed by atoms with E-state index in [0.717, 1.165) is 0 Å². The predicted molar refractivity (Wildman–Crippen MR) is 102 cm³/mol. The quantitative estimate of drug-likeness (QED) is 0.608. The lowest BCUT2D eigenvalue weighted by atomic mass is 10.1. The van der Waals surface area contributed by atoms with Crippen molar-refractivity contribution in [2.45, 2.75) is 13.8 Å². The molecule has 26 heavy (non-hydrogen) atoms. The third kappa shape index (κ3) is 3.43. The number of nitriles is 1. The average Bonchev–Trinajstić information content (AvgIpc) is 3.05. The van der Waals surface area contributed by atoms with E-state index in [1.807, 2.05) is 6.07 Å². The van der Waals surface area contributed by atoms with Gasteiger partial charge in [-0.1, -0.05) is 23.2 Å².